The second kappa shape index (κ2) is 14.4. The smallest absolute Gasteiger partial charge is 0.410 e. The number of aliphatic hydroxyl groups excluding tert-OH is 1. The van der Waals surface area contributed by atoms with Crippen molar-refractivity contribution < 1.29 is 34.1 Å². The van der Waals surface area contributed by atoms with Gasteiger partial charge in [0.15, 0.2) is 5.15 Å². The van der Waals surface area contributed by atoms with Gasteiger partial charge in [0.2, 0.25) is 5.91 Å². The molecule has 0 bridgehead atoms. The van der Waals surface area contributed by atoms with Crippen molar-refractivity contribution in [3.05, 3.63) is 35.4 Å². The summed E-state index contributed by atoms with van der Waals surface area (Å²) in [5.74, 6) is -1.48. The van der Waals surface area contributed by atoms with Crippen molar-refractivity contribution in [3.8, 4) is 0 Å². The van der Waals surface area contributed by atoms with Crippen molar-refractivity contribution in [2.45, 2.75) is 45.6 Å². The van der Waals surface area contributed by atoms with Crippen molar-refractivity contribution >= 4 is 35.3 Å². The lowest BCUT2D eigenvalue weighted by Gasteiger charge is -2.27. The Morgan fingerprint density at radius 3 is 2.62 bits per heavy atom. The molecule has 0 aliphatic rings. The van der Waals surface area contributed by atoms with Gasteiger partial charge in [-0.2, -0.15) is 0 Å². The second-order valence-electron chi connectivity index (χ2n) is 8.80. The molecule has 1 unspecified atom stereocenters. The van der Waals surface area contributed by atoms with E-state index in [0.29, 0.717) is 6.54 Å². The minimum Gasteiger partial charge on any atom is -0.481 e. The molecule has 14 nitrogen and oxygen atoms in total. The number of rotatable bonds is 14. The molecule has 0 aliphatic carbocycles. The highest BCUT2D eigenvalue weighted by molar-refractivity contribution is 6.32. The van der Waals surface area contributed by atoms with Crippen LogP contribution >= 0.6 is 11.6 Å². The van der Waals surface area contributed by atoms with E-state index in [9.17, 15) is 19.5 Å². The Hall–Kier alpha value is -3.33. The monoisotopic (exact) mass is 541 g/mol. The molecule has 0 fully saturated rings. The molecule has 2 amide bonds. The minimum atomic E-state index is -1.16. The number of aromatic nitrogens is 4. The SMILES string of the molecule is CC(C)(C)OC(=O)N(CCn1ccnn1)CC(=O)Nc1ccc(C(O)NCCOCCC(=O)O)nc1Cl. The number of nitrogens with zero attached hydrogens (tertiary/aromatic N) is 5. The molecule has 2 heterocycles. The Morgan fingerprint density at radius 2 is 2.00 bits per heavy atom. The summed E-state index contributed by atoms with van der Waals surface area (Å²) in [6.45, 7) is 5.82. The third-order valence-electron chi connectivity index (χ3n) is 4.53. The quantitative estimate of drug-likeness (QED) is 0.153. The molecule has 37 heavy (non-hydrogen) atoms. The van der Waals surface area contributed by atoms with Gasteiger partial charge in [0.25, 0.3) is 0 Å². The van der Waals surface area contributed by atoms with E-state index in [1.807, 2.05) is 0 Å². The topological polar surface area (TPSA) is 181 Å². The molecule has 0 radical (unpaired) electrons. The molecular weight excluding hydrogens is 510 g/mol. The number of nitrogens with one attached hydrogen (secondary N) is 2. The van der Waals surface area contributed by atoms with Gasteiger partial charge in [0.05, 0.1) is 43.8 Å². The van der Waals surface area contributed by atoms with Crippen LogP contribution in [-0.2, 0) is 25.6 Å². The van der Waals surface area contributed by atoms with Crippen LogP contribution in [0.1, 0.15) is 39.1 Å². The van der Waals surface area contributed by atoms with E-state index >= 15 is 0 Å². The molecule has 204 valence electrons. The normalized spacial score (nSPS) is 12.1. The Morgan fingerprint density at radius 1 is 1.24 bits per heavy atom. The maximum absolute atomic E-state index is 12.7. The van der Waals surface area contributed by atoms with Gasteiger partial charge in [-0.25, -0.2) is 9.78 Å². The van der Waals surface area contributed by atoms with Crippen LogP contribution in [0.5, 0.6) is 0 Å². The molecule has 0 aromatic carbocycles. The number of carboxylic acids is 1. The van der Waals surface area contributed by atoms with E-state index in [1.165, 1.54) is 27.9 Å². The largest absolute Gasteiger partial charge is 0.481 e. The lowest BCUT2D eigenvalue weighted by atomic mass is 10.2. The number of ether oxygens (including phenoxy) is 2. The number of carboxylic acid groups (broad SMARTS) is 1. The maximum atomic E-state index is 12.7. The fourth-order valence-corrected chi connectivity index (χ4v) is 3.04. The van der Waals surface area contributed by atoms with Crippen LogP contribution in [0.3, 0.4) is 0 Å². The Kier molecular flexibility index (Phi) is 11.7. The number of aliphatic carboxylic acids is 1. The lowest BCUT2D eigenvalue weighted by Crippen LogP contribution is -2.43. The van der Waals surface area contributed by atoms with Crippen LogP contribution in [0.15, 0.2) is 24.5 Å². The number of hydrogen-bond donors (Lipinski definition) is 4. The van der Waals surface area contributed by atoms with Crippen LogP contribution < -0.4 is 10.6 Å². The van der Waals surface area contributed by atoms with E-state index in [1.54, 1.807) is 27.0 Å². The predicted molar refractivity (Wildman–Crippen MR) is 132 cm³/mol. The first-order valence-electron chi connectivity index (χ1n) is 11.4. The number of carbonyl (C=O) groups is 3. The summed E-state index contributed by atoms with van der Waals surface area (Å²) in [5, 5.41) is 31.7. The second-order valence-corrected chi connectivity index (χ2v) is 9.16. The highest BCUT2D eigenvalue weighted by atomic mass is 35.5. The highest BCUT2D eigenvalue weighted by Crippen LogP contribution is 2.22. The molecule has 4 N–H and O–H groups in total. The van der Waals surface area contributed by atoms with Gasteiger partial charge in [0.1, 0.15) is 18.4 Å². The van der Waals surface area contributed by atoms with E-state index in [4.69, 9.17) is 26.2 Å². The van der Waals surface area contributed by atoms with Gasteiger partial charge in [-0.05, 0) is 32.9 Å². The fraction of sp³-hybridized carbons (Fsp3) is 0.545. The number of pyridine rings is 1. The Labute approximate surface area is 218 Å². The zero-order chi connectivity index (χ0) is 27.4. The zero-order valence-corrected chi connectivity index (χ0v) is 21.6. The van der Waals surface area contributed by atoms with Crippen LogP contribution in [0.4, 0.5) is 10.5 Å². The molecule has 1 atom stereocenters. The standard InChI is InChI=1S/C22H32ClN7O7/c1-22(2,3)37-21(35)29(10-11-30-9-7-25-28-30)14-17(31)26-15-4-5-16(27-19(15)23)20(34)24-8-13-36-12-6-18(32)33/h4-5,7,9,20,24,34H,6,8,10-14H2,1-3H3,(H,26,31)(H,32,33). The van der Waals surface area contributed by atoms with Crippen molar-refractivity contribution in [1.29, 1.82) is 0 Å². The van der Waals surface area contributed by atoms with Crippen molar-refractivity contribution in [3.63, 3.8) is 0 Å². The molecule has 0 aliphatic heterocycles. The van der Waals surface area contributed by atoms with Crippen LogP contribution in [0, 0.1) is 0 Å². The lowest BCUT2D eigenvalue weighted by molar-refractivity contribution is -0.138. The summed E-state index contributed by atoms with van der Waals surface area (Å²) in [7, 11) is 0. The summed E-state index contributed by atoms with van der Waals surface area (Å²) in [5.41, 5.74) is -0.349. The van der Waals surface area contributed by atoms with E-state index in [-0.39, 0.29) is 55.8 Å². The summed E-state index contributed by atoms with van der Waals surface area (Å²) >= 11 is 6.20. The Bertz CT molecular complexity index is 1030. The molecule has 0 saturated carbocycles. The van der Waals surface area contributed by atoms with Gasteiger partial charge in [0, 0.05) is 19.3 Å². The number of hydrogen-bond acceptors (Lipinski definition) is 10. The van der Waals surface area contributed by atoms with Gasteiger partial charge in [-0.3, -0.25) is 24.5 Å². The van der Waals surface area contributed by atoms with Crippen LogP contribution in [-0.4, -0.2) is 91.5 Å². The molecule has 2 rings (SSSR count). The van der Waals surface area contributed by atoms with Crippen LogP contribution in [0.25, 0.3) is 0 Å². The van der Waals surface area contributed by atoms with E-state index in [2.05, 4.69) is 25.9 Å². The van der Waals surface area contributed by atoms with E-state index < -0.39 is 29.8 Å². The summed E-state index contributed by atoms with van der Waals surface area (Å²) < 4.78 is 12.1. The zero-order valence-electron chi connectivity index (χ0n) is 20.9. The van der Waals surface area contributed by atoms with Crippen molar-refractivity contribution in [2.24, 2.45) is 0 Å². The summed E-state index contributed by atoms with van der Waals surface area (Å²) in [4.78, 5) is 41.1. The van der Waals surface area contributed by atoms with Gasteiger partial charge in [-0.15, -0.1) is 5.10 Å². The third kappa shape index (κ3) is 11.5. The Balaban J connectivity index is 1.92. The molecular formula is C22H32ClN7O7. The number of aliphatic hydroxyl groups is 1. The van der Waals surface area contributed by atoms with Crippen LogP contribution in [0.2, 0.25) is 5.15 Å². The van der Waals surface area contributed by atoms with Gasteiger partial charge < -0.3 is 25.0 Å². The molecule has 0 spiro atoms. The number of carbonyl (C=O) groups excluding carboxylic acids is 2. The van der Waals surface area contributed by atoms with Crippen molar-refractivity contribution in [1.82, 2.24) is 30.2 Å². The molecule has 0 saturated heterocycles. The molecule has 15 heteroatoms. The average molecular weight is 542 g/mol. The number of anilines is 1. The summed E-state index contributed by atoms with van der Waals surface area (Å²) in [6.07, 6.45) is 1.21. The van der Waals surface area contributed by atoms with E-state index in [0.717, 1.165) is 0 Å². The average Bonchev–Trinajstić information content (AvgIpc) is 3.32. The van der Waals surface area contributed by atoms with Gasteiger partial charge in [-0.1, -0.05) is 16.8 Å². The third-order valence-corrected chi connectivity index (χ3v) is 4.81. The minimum absolute atomic E-state index is 0.0594. The predicted octanol–water partition coefficient (Wildman–Crippen LogP) is 1.27. The highest BCUT2D eigenvalue weighted by Gasteiger charge is 2.24. The number of amides is 2. The van der Waals surface area contributed by atoms with Crippen molar-refractivity contribution in [2.75, 3.05) is 38.2 Å². The first-order valence-corrected chi connectivity index (χ1v) is 11.8. The first kappa shape index (κ1) is 29.9. The fourth-order valence-electron chi connectivity index (χ4n) is 2.83. The molecule has 2 aromatic heterocycles. The maximum Gasteiger partial charge on any atom is 0.410 e. The van der Waals surface area contributed by atoms with Gasteiger partial charge >= 0.3 is 12.1 Å². The summed E-state index contributed by atoms with van der Waals surface area (Å²) in [6, 6.07) is 2.95. The first-order chi connectivity index (χ1) is 17.4. The molecule has 2 aromatic rings. The number of halogens is 1.